The molecular formula is C27H24N2O6S. The number of rotatable bonds is 5. The molecular weight excluding hydrogens is 480 g/mol. The minimum atomic E-state index is -0.790. The number of carbonyl (C=O) groups is 2. The molecule has 4 aromatic rings. The summed E-state index contributed by atoms with van der Waals surface area (Å²) in [5.41, 5.74) is 3.36. The number of methoxy groups -OCH3 is 1. The maximum atomic E-state index is 13.8. The average molecular weight is 505 g/mol. The normalized spacial score (nSPS) is 14.9. The number of amides is 1. The second-order valence-corrected chi connectivity index (χ2v) is 9.57. The topological polar surface area (TPSA) is 98.9 Å². The molecule has 36 heavy (non-hydrogen) atoms. The van der Waals surface area contributed by atoms with Gasteiger partial charge in [0.05, 0.1) is 36.4 Å². The van der Waals surface area contributed by atoms with Crippen LogP contribution in [0.25, 0.3) is 11.0 Å². The van der Waals surface area contributed by atoms with Crippen molar-refractivity contribution in [3.63, 3.8) is 0 Å². The minimum absolute atomic E-state index is 0.0258. The van der Waals surface area contributed by atoms with Gasteiger partial charge in [0, 0.05) is 0 Å². The van der Waals surface area contributed by atoms with Crippen LogP contribution in [0.2, 0.25) is 0 Å². The summed E-state index contributed by atoms with van der Waals surface area (Å²) in [7, 11) is 1.57. The molecule has 0 fully saturated rings. The number of nitrogens with zero attached hydrogens (tertiary/aromatic N) is 2. The number of thiazole rings is 1. The van der Waals surface area contributed by atoms with Crippen LogP contribution in [-0.4, -0.2) is 30.6 Å². The lowest BCUT2D eigenvalue weighted by atomic mass is 9.97. The molecule has 1 atom stereocenters. The van der Waals surface area contributed by atoms with Crippen LogP contribution >= 0.6 is 11.3 Å². The summed E-state index contributed by atoms with van der Waals surface area (Å²) in [5.74, 6) is -0.384. The van der Waals surface area contributed by atoms with E-state index in [-0.39, 0.29) is 28.5 Å². The zero-order valence-electron chi connectivity index (χ0n) is 20.5. The van der Waals surface area contributed by atoms with Crippen LogP contribution in [0.5, 0.6) is 5.75 Å². The second kappa shape index (κ2) is 8.91. The summed E-state index contributed by atoms with van der Waals surface area (Å²) in [4.78, 5) is 46.3. The predicted octanol–water partition coefficient (Wildman–Crippen LogP) is 5.11. The smallest absolute Gasteiger partial charge is 0.350 e. The van der Waals surface area contributed by atoms with Gasteiger partial charge in [-0.2, -0.15) is 0 Å². The van der Waals surface area contributed by atoms with E-state index in [0.717, 1.165) is 22.5 Å². The van der Waals surface area contributed by atoms with Crippen molar-refractivity contribution >= 4 is 39.3 Å². The molecule has 5 rings (SSSR count). The number of aromatic nitrogens is 1. The molecule has 1 aliphatic rings. The lowest BCUT2D eigenvalue weighted by Crippen LogP contribution is -2.29. The highest BCUT2D eigenvalue weighted by atomic mass is 32.1. The summed E-state index contributed by atoms with van der Waals surface area (Å²) in [6.07, 6.45) is 0. The van der Waals surface area contributed by atoms with Crippen LogP contribution in [0.1, 0.15) is 61.1 Å². The van der Waals surface area contributed by atoms with Gasteiger partial charge in [-0.05, 0) is 68.7 Å². The van der Waals surface area contributed by atoms with E-state index in [2.05, 4.69) is 4.98 Å². The standard InChI is InChI=1S/C27H24N2O6S/c1-6-34-26(32)24-15(4)28-27(36-24)29-21(16-7-9-17(33-5)10-8-16)20-22(30)18-11-13(2)14(3)12-19(18)35-23(20)25(29)31/h7-12,21H,6H2,1-5H3. The van der Waals surface area contributed by atoms with Crippen molar-refractivity contribution in [2.24, 2.45) is 0 Å². The highest BCUT2D eigenvalue weighted by molar-refractivity contribution is 7.17. The SMILES string of the molecule is CCOC(=O)c1sc(N2C(=O)c3oc4cc(C)c(C)cc4c(=O)c3C2c2ccc(OC)cc2)nc1C. The van der Waals surface area contributed by atoms with Crippen molar-refractivity contribution in [2.75, 3.05) is 18.6 Å². The first-order valence-corrected chi connectivity index (χ1v) is 12.3. The molecule has 8 nitrogen and oxygen atoms in total. The minimum Gasteiger partial charge on any atom is -0.497 e. The molecule has 2 aromatic carbocycles. The molecule has 184 valence electrons. The van der Waals surface area contributed by atoms with Crippen LogP contribution in [0.15, 0.2) is 45.6 Å². The first-order chi connectivity index (χ1) is 17.2. The molecule has 1 amide bonds. The van der Waals surface area contributed by atoms with E-state index < -0.39 is 17.9 Å². The van der Waals surface area contributed by atoms with E-state index in [1.807, 2.05) is 13.8 Å². The monoisotopic (exact) mass is 504 g/mol. The lowest BCUT2D eigenvalue weighted by molar-refractivity contribution is 0.0531. The number of benzene rings is 2. The molecule has 1 unspecified atom stereocenters. The van der Waals surface area contributed by atoms with Gasteiger partial charge in [-0.3, -0.25) is 14.5 Å². The number of fused-ring (bicyclic) bond motifs is 2. The highest BCUT2D eigenvalue weighted by Crippen LogP contribution is 2.43. The van der Waals surface area contributed by atoms with E-state index in [4.69, 9.17) is 13.9 Å². The number of carbonyl (C=O) groups excluding carboxylic acids is 2. The molecule has 3 heterocycles. The average Bonchev–Trinajstić information content (AvgIpc) is 3.38. The molecule has 0 N–H and O–H groups in total. The summed E-state index contributed by atoms with van der Waals surface area (Å²) >= 11 is 1.05. The molecule has 0 radical (unpaired) electrons. The van der Waals surface area contributed by atoms with Crippen LogP contribution in [-0.2, 0) is 4.74 Å². The Labute approximate surface area is 211 Å². The Morgan fingerprint density at radius 3 is 2.47 bits per heavy atom. The number of hydrogen-bond acceptors (Lipinski definition) is 8. The second-order valence-electron chi connectivity index (χ2n) is 8.59. The fourth-order valence-electron chi connectivity index (χ4n) is 4.40. The van der Waals surface area contributed by atoms with E-state index in [1.165, 1.54) is 4.90 Å². The maximum Gasteiger partial charge on any atom is 0.350 e. The third-order valence-corrected chi connectivity index (χ3v) is 7.51. The van der Waals surface area contributed by atoms with Gasteiger partial charge in [-0.1, -0.05) is 23.5 Å². The van der Waals surface area contributed by atoms with Crippen molar-refractivity contribution in [1.29, 1.82) is 0 Å². The van der Waals surface area contributed by atoms with Gasteiger partial charge in [0.1, 0.15) is 16.2 Å². The molecule has 2 aromatic heterocycles. The molecule has 0 bridgehead atoms. The number of esters is 1. The molecule has 1 aliphatic heterocycles. The zero-order valence-corrected chi connectivity index (χ0v) is 21.3. The van der Waals surface area contributed by atoms with Crippen molar-refractivity contribution in [3.8, 4) is 5.75 Å². The van der Waals surface area contributed by atoms with Gasteiger partial charge in [0.15, 0.2) is 10.6 Å². The van der Waals surface area contributed by atoms with Crippen LogP contribution in [0.4, 0.5) is 5.13 Å². The van der Waals surface area contributed by atoms with Gasteiger partial charge in [-0.15, -0.1) is 0 Å². The van der Waals surface area contributed by atoms with Crippen molar-refractivity contribution in [3.05, 3.63) is 85.2 Å². The maximum absolute atomic E-state index is 13.8. The number of hydrogen-bond donors (Lipinski definition) is 0. The van der Waals surface area contributed by atoms with E-state index >= 15 is 0 Å². The first kappa shape index (κ1) is 23.7. The van der Waals surface area contributed by atoms with E-state index in [0.29, 0.717) is 32.9 Å². The Kier molecular flexibility index (Phi) is 5.88. The van der Waals surface area contributed by atoms with Crippen LogP contribution < -0.4 is 15.1 Å². The Hall–Kier alpha value is -3.98. The van der Waals surface area contributed by atoms with Crippen molar-refractivity contribution in [1.82, 2.24) is 4.98 Å². The lowest BCUT2D eigenvalue weighted by Gasteiger charge is -2.22. The third-order valence-electron chi connectivity index (χ3n) is 6.37. The van der Waals surface area contributed by atoms with Gasteiger partial charge in [-0.25, -0.2) is 9.78 Å². The summed E-state index contributed by atoms with van der Waals surface area (Å²) < 4.78 is 16.5. The van der Waals surface area contributed by atoms with Gasteiger partial charge in [0.25, 0.3) is 5.91 Å². The Morgan fingerprint density at radius 2 is 1.81 bits per heavy atom. The van der Waals surface area contributed by atoms with Gasteiger partial charge < -0.3 is 13.9 Å². The zero-order chi connectivity index (χ0) is 25.7. The number of aryl methyl sites for hydroxylation is 3. The Balaban J connectivity index is 1.75. The van der Waals surface area contributed by atoms with Crippen LogP contribution in [0.3, 0.4) is 0 Å². The largest absolute Gasteiger partial charge is 0.497 e. The predicted molar refractivity (Wildman–Crippen MR) is 136 cm³/mol. The van der Waals surface area contributed by atoms with E-state index in [1.54, 1.807) is 57.4 Å². The molecule has 0 aliphatic carbocycles. The summed E-state index contributed by atoms with van der Waals surface area (Å²) in [5, 5.41) is 0.691. The summed E-state index contributed by atoms with van der Waals surface area (Å²) in [6.45, 7) is 7.48. The quantitative estimate of drug-likeness (QED) is 0.348. The molecule has 0 saturated carbocycles. The molecule has 9 heteroatoms. The van der Waals surface area contributed by atoms with E-state index in [9.17, 15) is 14.4 Å². The third kappa shape index (κ3) is 3.67. The fraction of sp³-hybridized carbons (Fsp3) is 0.259. The van der Waals surface area contributed by atoms with Gasteiger partial charge in [0.2, 0.25) is 5.76 Å². The van der Waals surface area contributed by atoms with Crippen molar-refractivity contribution in [2.45, 2.75) is 33.7 Å². The van der Waals surface area contributed by atoms with Crippen LogP contribution in [0, 0.1) is 20.8 Å². The molecule has 0 saturated heterocycles. The number of anilines is 1. The van der Waals surface area contributed by atoms with Gasteiger partial charge >= 0.3 is 5.97 Å². The Morgan fingerprint density at radius 1 is 1.11 bits per heavy atom. The Bertz CT molecular complexity index is 1580. The summed E-state index contributed by atoms with van der Waals surface area (Å²) in [6, 6.07) is 9.91. The number of ether oxygens (including phenoxy) is 2. The molecule has 0 spiro atoms. The first-order valence-electron chi connectivity index (χ1n) is 11.4. The fourth-order valence-corrected chi connectivity index (χ4v) is 5.39. The van der Waals surface area contributed by atoms with Crippen molar-refractivity contribution < 1.29 is 23.5 Å². The highest BCUT2D eigenvalue weighted by Gasteiger charge is 2.45.